The van der Waals surface area contributed by atoms with Crippen LogP contribution in [0.3, 0.4) is 0 Å². The summed E-state index contributed by atoms with van der Waals surface area (Å²) in [5.74, 6) is 2.00. The Morgan fingerprint density at radius 2 is 2.26 bits per heavy atom. The van der Waals surface area contributed by atoms with Gasteiger partial charge in [-0.3, -0.25) is 9.11 Å². The maximum Gasteiger partial charge on any atom is 0.0459 e. The van der Waals surface area contributed by atoms with Crippen LogP contribution in [0, 0.1) is 5.92 Å². The number of fused-ring (bicyclic) bond motifs is 2. The molecule has 0 saturated carbocycles. The molecule has 0 spiro atoms. The van der Waals surface area contributed by atoms with Crippen LogP contribution in [-0.2, 0) is 17.2 Å². The van der Waals surface area contributed by atoms with Crippen molar-refractivity contribution in [2.75, 3.05) is 25.1 Å². The van der Waals surface area contributed by atoms with Crippen molar-refractivity contribution in [1.82, 2.24) is 9.88 Å². The quantitative estimate of drug-likeness (QED) is 0.934. The Balaban J connectivity index is 1.74. The molecule has 1 N–H and O–H groups in total. The van der Waals surface area contributed by atoms with E-state index in [0.717, 1.165) is 25.3 Å². The van der Waals surface area contributed by atoms with E-state index in [1.807, 2.05) is 6.26 Å². The largest absolute Gasteiger partial charge is 0.361 e. The fourth-order valence-electron chi connectivity index (χ4n) is 4.90. The van der Waals surface area contributed by atoms with Crippen LogP contribution in [0.4, 0.5) is 0 Å². The highest BCUT2D eigenvalue weighted by Crippen LogP contribution is 2.44. The van der Waals surface area contributed by atoms with E-state index in [9.17, 15) is 4.21 Å². The fraction of sp³-hybridized carbons (Fsp3) is 0.579. The van der Waals surface area contributed by atoms with E-state index in [1.165, 1.54) is 34.9 Å². The van der Waals surface area contributed by atoms with Crippen molar-refractivity contribution in [3.63, 3.8) is 0 Å². The summed E-state index contributed by atoms with van der Waals surface area (Å²) in [5.41, 5.74) is 4.28. The highest BCUT2D eigenvalue weighted by Gasteiger charge is 2.40. The summed E-state index contributed by atoms with van der Waals surface area (Å²) in [6.07, 6.45) is 7.59. The van der Waals surface area contributed by atoms with Gasteiger partial charge in [0.25, 0.3) is 0 Å². The maximum atomic E-state index is 11.8. The number of H-pyrrole nitrogens is 1. The molecule has 4 heteroatoms. The topological polar surface area (TPSA) is 36.1 Å². The van der Waals surface area contributed by atoms with Crippen molar-refractivity contribution >= 4 is 21.7 Å². The SMILES string of the molecule is CCCN1C[C@H](C[S@](C)=O)C[C@@H]2c3cccc4[nH]cc(c34)C[C@H]21. The van der Waals surface area contributed by atoms with Gasteiger partial charge < -0.3 is 4.98 Å². The number of nitrogens with one attached hydrogen (secondary N) is 1. The molecule has 23 heavy (non-hydrogen) atoms. The first kappa shape index (κ1) is 15.4. The van der Waals surface area contributed by atoms with E-state index in [4.69, 9.17) is 0 Å². The van der Waals surface area contributed by atoms with E-state index in [0.29, 0.717) is 17.9 Å². The molecule has 124 valence electrons. The second-order valence-electron chi connectivity index (χ2n) is 7.30. The van der Waals surface area contributed by atoms with Crippen molar-refractivity contribution in [2.45, 2.75) is 38.1 Å². The second kappa shape index (κ2) is 6.06. The van der Waals surface area contributed by atoms with Crippen LogP contribution in [0.5, 0.6) is 0 Å². The zero-order valence-corrected chi connectivity index (χ0v) is 14.9. The van der Waals surface area contributed by atoms with E-state index in [-0.39, 0.29) is 0 Å². The number of aromatic amines is 1. The van der Waals surface area contributed by atoms with Gasteiger partial charge in [0.2, 0.25) is 0 Å². The number of piperidine rings is 1. The molecule has 4 atom stereocenters. The number of hydrogen-bond donors (Lipinski definition) is 1. The predicted molar refractivity (Wildman–Crippen MR) is 97.4 cm³/mol. The lowest BCUT2D eigenvalue weighted by molar-refractivity contribution is 0.0923. The fourth-order valence-corrected chi connectivity index (χ4v) is 5.80. The number of nitrogens with zero attached hydrogens (tertiary/aromatic N) is 1. The highest BCUT2D eigenvalue weighted by molar-refractivity contribution is 7.84. The Morgan fingerprint density at radius 1 is 1.39 bits per heavy atom. The molecule has 1 aliphatic carbocycles. The van der Waals surface area contributed by atoms with Crippen LogP contribution in [0.2, 0.25) is 0 Å². The third-order valence-corrected chi connectivity index (χ3v) is 6.58. The van der Waals surface area contributed by atoms with E-state index in [2.05, 4.69) is 41.2 Å². The number of rotatable bonds is 4. The van der Waals surface area contributed by atoms with E-state index < -0.39 is 10.8 Å². The molecule has 2 aromatic rings. The van der Waals surface area contributed by atoms with Gasteiger partial charge in [-0.25, -0.2) is 0 Å². The predicted octanol–water partition coefficient (Wildman–Crippen LogP) is 3.29. The van der Waals surface area contributed by atoms with Gasteiger partial charge in [-0.2, -0.15) is 0 Å². The molecule has 1 aromatic carbocycles. The molecule has 0 bridgehead atoms. The minimum Gasteiger partial charge on any atom is -0.361 e. The van der Waals surface area contributed by atoms with Crippen LogP contribution in [0.15, 0.2) is 24.4 Å². The number of likely N-dealkylation sites (tertiary alicyclic amines) is 1. The molecule has 1 fully saturated rings. The zero-order valence-electron chi connectivity index (χ0n) is 14.0. The van der Waals surface area contributed by atoms with Crippen LogP contribution in [-0.4, -0.2) is 45.2 Å². The normalized spacial score (nSPS) is 28.7. The third-order valence-electron chi connectivity index (χ3n) is 5.64. The van der Waals surface area contributed by atoms with Crippen molar-refractivity contribution in [3.8, 4) is 0 Å². The molecule has 2 heterocycles. The molecule has 1 aromatic heterocycles. The molecular formula is C19H26N2OS. The maximum absolute atomic E-state index is 11.8. The lowest BCUT2D eigenvalue weighted by Gasteiger charge is -2.47. The first-order valence-electron chi connectivity index (χ1n) is 8.80. The van der Waals surface area contributed by atoms with Gasteiger partial charge in [0.15, 0.2) is 0 Å². The Labute approximate surface area is 140 Å². The molecule has 2 aliphatic rings. The Hall–Kier alpha value is -1.13. The van der Waals surface area contributed by atoms with Gasteiger partial charge >= 0.3 is 0 Å². The van der Waals surface area contributed by atoms with Crippen LogP contribution in [0.1, 0.15) is 36.8 Å². The van der Waals surface area contributed by atoms with Gasteiger partial charge in [0, 0.05) is 58.4 Å². The average molecular weight is 330 g/mol. The van der Waals surface area contributed by atoms with Gasteiger partial charge in [0.05, 0.1) is 0 Å². The number of hydrogen-bond acceptors (Lipinski definition) is 2. The minimum absolute atomic E-state index is 0.560. The van der Waals surface area contributed by atoms with Gasteiger partial charge in [-0.05, 0) is 48.9 Å². The summed E-state index contributed by atoms with van der Waals surface area (Å²) in [6.45, 7) is 4.54. The summed E-state index contributed by atoms with van der Waals surface area (Å²) in [7, 11) is -0.701. The van der Waals surface area contributed by atoms with Gasteiger partial charge in [0.1, 0.15) is 0 Å². The Kier molecular flexibility index (Phi) is 4.06. The Bertz CT molecular complexity index is 738. The van der Waals surface area contributed by atoms with E-state index >= 15 is 0 Å². The van der Waals surface area contributed by atoms with Gasteiger partial charge in [-0.1, -0.05) is 19.1 Å². The van der Waals surface area contributed by atoms with Crippen LogP contribution >= 0.6 is 0 Å². The zero-order chi connectivity index (χ0) is 16.0. The van der Waals surface area contributed by atoms with Gasteiger partial charge in [-0.15, -0.1) is 0 Å². The summed E-state index contributed by atoms with van der Waals surface area (Å²) in [5, 5.41) is 1.46. The molecule has 0 unspecified atom stereocenters. The smallest absolute Gasteiger partial charge is 0.0459 e. The summed E-state index contributed by atoms with van der Waals surface area (Å²) in [6, 6.07) is 7.32. The second-order valence-corrected chi connectivity index (χ2v) is 8.78. The average Bonchev–Trinajstić information content (AvgIpc) is 2.93. The van der Waals surface area contributed by atoms with Crippen molar-refractivity contribution in [2.24, 2.45) is 5.92 Å². The molecule has 1 saturated heterocycles. The lowest BCUT2D eigenvalue weighted by Crippen LogP contribution is -2.51. The first-order valence-corrected chi connectivity index (χ1v) is 10.5. The lowest BCUT2D eigenvalue weighted by atomic mass is 9.72. The third kappa shape index (κ3) is 2.66. The molecule has 0 amide bonds. The molecule has 0 radical (unpaired) electrons. The standard InChI is InChI=1S/C19H26N2OS/c1-3-7-21-11-13(12-23(2)22)8-16-15-5-4-6-17-19(15)14(10-20-17)9-18(16)21/h4-6,10,13,16,18,20H,3,7-9,11-12H2,1-2H3/t13-,16-,18-,23+/m1/s1. The number of aromatic nitrogens is 1. The van der Waals surface area contributed by atoms with Crippen LogP contribution in [0.25, 0.3) is 10.9 Å². The monoisotopic (exact) mass is 330 g/mol. The Morgan fingerprint density at radius 3 is 3.04 bits per heavy atom. The van der Waals surface area contributed by atoms with Crippen molar-refractivity contribution in [1.29, 1.82) is 0 Å². The molecule has 1 aliphatic heterocycles. The minimum atomic E-state index is -0.701. The molecule has 4 rings (SSSR count). The van der Waals surface area contributed by atoms with Crippen LogP contribution < -0.4 is 0 Å². The highest BCUT2D eigenvalue weighted by atomic mass is 32.2. The first-order chi connectivity index (χ1) is 11.2. The molecule has 3 nitrogen and oxygen atoms in total. The van der Waals surface area contributed by atoms with Crippen molar-refractivity contribution in [3.05, 3.63) is 35.5 Å². The summed E-state index contributed by atoms with van der Waals surface area (Å²) >= 11 is 0. The number of benzene rings is 1. The summed E-state index contributed by atoms with van der Waals surface area (Å²) in [4.78, 5) is 6.13. The summed E-state index contributed by atoms with van der Waals surface area (Å²) < 4.78 is 11.8. The van der Waals surface area contributed by atoms with Crippen molar-refractivity contribution < 1.29 is 4.21 Å². The van der Waals surface area contributed by atoms with E-state index in [1.54, 1.807) is 0 Å². The molecular weight excluding hydrogens is 304 g/mol.